The molecule has 0 radical (unpaired) electrons. The van der Waals surface area contributed by atoms with E-state index in [1.165, 1.54) is 38.7 Å². The highest BCUT2D eigenvalue weighted by molar-refractivity contribution is 9.10. The molecule has 0 aliphatic carbocycles. The lowest BCUT2D eigenvalue weighted by atomic mass is 9.97. The summed E-state index contributed by atoms with van der Waals surface area (Å²) in [6, 6.07) is 18.4. The molecule has 5 aromatic rings. The third kappa shape index (κ3) is 5.74. The Balaban J connectivity index is 1.57. The molecule has 1 heterocycles. The number of benzene rings is 4. The van der Waals surface area contributed by atoms with Crippen LogP contribution < -0.4 is 13.8 Å². The van der Waals surface area contributed by atoms with E-state index in [1.807, 2.05) is 0 Å². The lowest BCUT2D eigenvalue weighted by molar-refractivity contribution is -0.137. The third-order valence-corrected chi connectivity index (χ3v) is 9.59. The molecule has 7 nitrogen and oxygen atoms in total. The number of halogens is 4. The summed E-state index contributed by atoms with van der Waals surface area (Å²) in [6.07, 6.45) is -3.19. The van der Waals surface area contributed by atoms with Crippen molar-refractivity contribution in [3.05, 3.63) is 94.7 Å². The fourth-order valence-corrected chi connectivity index (χ4v) is 7.12. The van der Waals surface area contributed by atoms with E-state index >= 15 is 0 Å². The molecule has 0 aliphatic heterocycles. The minimum atomic E-state index is -4.47. The van der Waals surface area contributed by atoms with Crippen LogP contribution in [0.15, 0.2) is 88.5 Å². The molecule has 0 saturated carbocycles. The summed E-state index contributed by atoms with van der Waals surface area (Å²) in [6.45, 7) is -0.0821. The maximum absolute atomic E-state index is 14.0. The van der Waals surface area contributed by atoms with Gasteiger partial charge in [-0.25, -0.2) is 17.7 Å². The van der Waals surface area contributed by atoms with Gasteiger partial charge < -0.3 is 9.47 Å². The van der Waals surface area contributed by atoms with Crippen LogP contribution in [0.4, 0.5) is 18.3 Å². The molecule has 1 aromatic heterocycles. The first-order valence-electron chi connectivity index (χ1n) is 11.9. The zero-order chi connectivity index (χ0) is 29.4. The molecule has 0 unspecified atom stereocenters. The average Bonchev–Trinajstić information content (AvgIpc) is 3.49. The smallest absolute Gasteiger partial charge is 0.416 e. The van der Waals surface area contributed by atoms with E-state index < -0.39 is 21.8 Å². The molecule has 5 rings (SSSR count). The number of hydrogen-bond acceptors (Lipinski definition) is 7. The molecule has 4 aromatic carbocycles. The van der Waals surface area contributed by atoms with E-state index in [-0.39, 0.29) is 21.0 Å². The summed E-state index contributed by atoms with van der Waals surface area (Å²) in [7, 11) is -1.14. The first-order chi connectivity index (χ1) is 19.5. The first kappa shape index (κ1) is 28.8. The van der Waals surface area contributed by atoms with Gasteiger partial charge in [-0.3, -0.25) is 0 Å². The van der Waals surface area contributed by atoms with E-state index in [1.54, 1.807) is 42.5 Å². The number of methoxy groups -OCH3 is 2. The highest BCUT2D eigenvalue weighted by atomic mass is 79.9. The van der Waals surface area contributed by atoms with Crippen molar-refractivity contribution in [2.24, 2.45) is 0 Å². The number of aromatic nitrogens is 2. The minimum Gasteiger partial charge on any atom is -0.497 e. The van der Waals surface area contributed by atoms with Crippen LogP contribution in [0.25, 0.3) is 21.9 Å². The normalized spacial score (nSPS) is 12.0. The zero-order valence-corrected chi connectivity index (χ0v) is 24.7. The van der Waals surface area contributed by atoms with Crippen molar-refractivity contribution in [2.45, 2.75) is 17.6 Å². The van der Waals surface area contributed by atoms with Gasteiger partial charge in [-0.1, -0.05) is 46.3 Å². The highest BCUT2D eigenvalue weighted by Gasteiger charge is 2.31. The minimum absolute atomic E-state index is 0.0105. The van der Waals surface area contributed by atoms with E-state index in [4.69, 9.17) is 9.47 Å². The second kappa shape index (κ2) is 11.3. The van der Waals surface area contributed by atoms with Crippen LogP contribution in [-0.4, -0.2) is 32.0 Å². The fourth-order valence-electron chi connectivity index (χ4n) is 4.36. The van der Waals surface area contributed by atoms with Crippen LogP contribution in [0.1, 0.15) is 11.1 Å². The van der Waals surface area contributed by atoms with E-state index in [2.05, 4.69) is 25.3 Å². The van der Waals surface area contributed by atoms with Crippen molar-refractivity contribution in [1.82, 2.24) is 9.36 Å². The van der Waals surface area contributed by atoms with Crippen LogP contribution in [-0.2, 0) is 22.7 Å². The second-order valence-electron chi connectivity index (χ2n) is 8.79. The summed E-state index contributed by atoms with van der Waals surface area (Å²) >= 11 is 4.20. The van der Waals surface area contributed by atoms with Crippen LogP contribution in [0.2, 0.25) is 0 Å². The van der Waals surface area contributed by atoms with Crippen molar-refractivity contribution < 1.29 is 31.1 Å². The number of ether oxygens (including phenoxy) is 2. The third-order valence-electron chi connectivity index (χ3n) is 6.40. The summed E-state index contributed by atoms with van der Waals surface area (Å²) in [5, 5.41) is 1.44. The monoisotopic (exact) mass is 663 g/mol. The Kier molecular flexibility index (Phi) is 7.95. The van der Waals surface area contributed by atoms with Gasteiger partial charge in [0, 0.05) is 27.6 Å². The lowest BCUT2D eigenvalue weighted by Gasteiger charge is -2.23. The highest BCUT2D eigenvalue weighted by Crippen LogP contribution is 2.39. The maximum atomic E-state index is 14.0. The van der Waals surface area contributed by atoms with Gasteiger partial charge in [-0.2, -0.15) is 17.5 Å². The predicted octanol–water partition coefficient (Wildman–Crippen LogP) is 7.55. The van der Waals surface area contributed by atoms with Gasteiger partial charge in [0.15, 0.2) is 0 Å². The van der Waals surface area contributed by atoms with Crippen LogP contribution in [0.3, 0.4) is 0 Å². The Labute approximate surface area is 246 Å². The molecule has 0 N–H and O–H groups in total. The molecule has 0 fully saturated rings. The standard InChI is InChI=1S/C28H21BrF3N3O4S2/c1-38-20-8-6-18(26(14-20)39-2)15-35(27-33-16-34-40-27)41(36,37)21-9-11-22-17(12-21)4-3-5-23(22)24-10-7-19(13-25(24)29)28(30,31)32/h3-14,16H,15H2,1-2H3. The molecule has 0 saturated heterocycles. The van der Waals surface area contributed by atoms with Gasteiger partial charge >= 0.3 is 6.18 Å². The number of fused-ring (bicyclic) bond motifs is 1. The van der Waals surface area contributed by atoms with E-state index in [0.717, 1.165) is 28.0 Å². The number of alkyl halides is 3. The molecular weight excluding hydrogens is 643 g/mol. The summed E-state index contributed by atoms with van der Waals surface area (Å²) in [4.78, 5) is 4.16. The first-order valence-corrected chi connectivity index (χ1v) is 14.9. The molecular formula is C28H21BrF3N3O4S2. The van der Waals surface area contributed by atoms with Crippen molar-refractivity contribution in [1.29, 1.82) is 0 Å². The van der Waals surface area contributed by atoms with Crippen LogP contribution in [0, 0.1) is 0 Å². The second-order valence-corrected chi connectivity index (χ2v) is 12.3. The van der Waals surface area contributed by atoms with Gasteiger partial charge in [-0.15, -0.1) is 0 Å². The molecule has 212 valence electrons. The summed E-state index contributed by atoms with van der Waals surface area (Å²) in [5.74, 6) is 1.00. The van der Waals surface area contributed by atoms with E-state index in [0.29, 0.717) is 39.0 Å². The van der Waals surface area contributed by atoms with Crippen molar-refractivity contribution in [2.75, 3.05) is 18.5 Å². The molecule has 0 atom stereocenters. The SMILES string of the molecule is COc1ccc(CN(c2ncns2)S(=O)(=O)c2ccc3c(-c4ccc(C(F)(F)F)cc4Br)cccc3c2)c(OC)c1. The molecule has 0 aliphatic rings. The summed E-state index contributed by atoms with van der Waals surface area (Å²) in [5.41, 5.74) is 1.01. The Morgan fingerprint density at radius 3 is 2.41 bits per heavy atom. The quantitative estimate of drug-likeness (QED) is 0.171. The Morgan fingerprint density at radius 2 is 1.76 bits per heavy atom. The molecule has 41 heavy (non-hydrogen) atoms. The Morgan fingerprint density at radius 1 is 0.951 bits per heavy atom. The molecule has 0 spiro atoms. The topological polar surface area (TPSA) is 81.6 Å². The number of nitrogens with zero attached hydrogens (tertiary/aromatic N) is 3. The number of anilines is 1. The van der Waals surface area contributed by atoms with Gasteiger partial charge in [0.2, 0.25) is 5.13 Å². The van der Waals surface area contributed by atoms with Gasteiger partial charge in [0.1, 0.15) is 17.8 Å². The maximum Gasteiger partial charge on any atom is 0.416 e. The number of rotatable bonds is 8. The van der Waals surface area contributed by atoms with Crippen molar-refractivity contribution in [3.63, 3.8) is 0 Å². The van der Waals surface area contributed by atoms with Gasteiger partial charge in [-0.05, 0) is 58.3 Å². The molecule has 13 heteroatoms. The Hall–Kier alpha value is -3.68. The van der Waals surface area contributed by atoms with Crippen LogP contribution in [0.5, 0.6) is 11.5 Å². The van der Waals surface area contributed by atoms with Crippen molar-refractivity contribution >= 4 is 53.4 Å². The fraction of sp³-hybridized carbons (Fsp3) is 0.143. The lowest BCUT2D eigenvalue weighted by Crippen LogP contribution is -2.30. The zero-order valence-electron chi connectivity index (χ0n) is 21.5. The molecule has 0 bridgehead atoms. The van der Waals surface area contributed by atoms with Crippen molar-refractivity contribution in [3.8, 4) is 22.6 Å². The number of hydrogen-bond donors (Lipinski definition) is 0. The Bertz CT molecular complexity index is 1830. The largest absolute Gasteiger partial charge is 0.497 e. The van der Waals surface area contributed by atoms with Gasteiger partial charge in [0.05, 0.1) is 31.2 Å². The summed E-state index contributed by atoms with van der Waals surface area (Å²) < 4.78 is 83.8. The number of sulfonamides is 1. The van der Waals surface area contributed by atoms with Gasteiger partial charge in [0.25, 0.3) is 10.0 Å². The predicted molar refractivity (Wildman–Crippen MR) is 155 cm³/mol. The molecule has 0 amide bonds. The van der Waals surface area contributed by atoms with Crippen LogP contribution >= 0.6 is 27.5 Å². The van der Waals surface area contributed by atoms with E-state index in [9.17, 15) is 21.6 Å². The average molecular weight is 665 g/mol.